The first kappa shape index (κ1) is 14.5. The molecule has 18 heavy (non-hydrogen) atoms. The van der Waals surface area contributed by atoms with E-state index >= 15 is 0 Å². The molecule has 0 radical (unpaired) electrons. The largest absolute Gasteiger partial charge is 0.490 e. The highest BCUT2D eigenvalue weighted by atomic mass is 16.6. The van der Waals surface area contributed by atoms with Crippen molar-refractivity contribution in [2.75, 3.05) is 6.61 Å². The van der Waals surface area contributed by atoms with E-state index in [1.165, 1.54) is 0 Å². The van der Waals surface area contributed by atoms with Gasteiger partial charge in [-0.05, 0) is 33.8 Å². The number of allylic oxidation sites excluding steroid dienone is 1. The summed E-state index contributed by atoms with van der Waals surface area (Å²) in [5.41, 5.74) is -0.537. The third-order valence-electron chi connectivity index (χ3n) is 2.23. The number of carbonyl (C=O) groups is 2. The number of amides is 1. The van der Waals surface area contributed by atoms with Crippen LogP contribution >= 0.6 is 0 Å². The predicted octanol–water partition coefficient (Wildman–Crippen LogP) is 2.16. The van der Waals surface area contributed by atoms with Gasteiger partial charge in [-0.15, -0.1) is 0 Å². The van der Waals surface area contributed by atoms with Crippen molar-refractivity contribution in [3.8, 4) is 0 Å². The fourth-order valence-corrected chi connectivity index (χ4v) is 1.55. The van der Waals surface area contributed by atoms with Crippen molar-refractivity contribution in [3.05, 3.63) is 11.8 Å². The zero-order valence-corrected chi connectivity index (χ0v) is 11.4. The highest BCUT2D eigenvalue weighted by Gasteiger charge is 2.21. The fourth-order valence-electron chi connectivity index (χ4n) is 1.55. The van der Waals surface area contributed by atoms with Crippen LogP contribution in [0.25, 0.3) is 0 Å². The van der Waals surface area contributed by atoms with Gasteiger partial charge < -0.3 is 14.8 Å². The monoisotopic (exact) mass is 255 g/mol. The minimum atomic E-state index is -0.537. The summed E-state index contributed by atoms with van der Waals surface area (Å²) in [7, 11) is 0. The third-order valence-corrected chi connectivity index (χ3v) is 2.23. The van der Waals surface area contributed by atoms with Crippen LogP contribution in [0.3, 0.4) is 0 Å². The minimum Gasteiger partial charge on any atom is -0.490 e. The smallest absolute Gasteiger partial charge is 0.407 e. The maximum Gasteiger partial charge on any atom is 0.407 e. The molecule has 0 aromatic rings. The molecule has 1 aliphatic heterocycles. The topological polar surface area (TPSA) is 64.6 Å². The number of nitrogens with one attached hydrogen (secondary N) is 1. The number of Topliss-reactive ketones (excluding diaryl/α,β-unsaturated/α-hetero) is 1. The van der Waals surface area contributed by atoms with Crippen molar-refractivity contribution in [3.63, 3.8) is 0 Å². The van der Waals surface area contributed by atoms with E-state index in [4.69, 9.17) is 9.47 Å². The van der Waals surface area contributed by atoms with Gasteiger partial charge in [0.1, 0.15) is 5.60 Å². The predicted molar refractivity (Wildman–Crippen MR) is 67.1 cm³/mol. The summed E-state index contributed by atoms with van der Waals surface area (Å²) in [6, 6.07) is -0.280. The Morgan fingerprint density at radius 3 is 2.67 bits per heavy atom. The molecule has 1 rings (SSSR count). The number of ether oxygens (including phenoxy) is 2. The maximum atomic E-state index is 11.7. The van der Waals surface area contributed by atoms with Crippen molar-refractivity contribution in [1.82, 2.24) is 5.32 Å². The number of alkyl carbamates (subject to hydrolysis) is 1. The summed E-state index contributed by atoms with van der Waals surface area (Å²) >= 11 is 0. The first-order chi connectivity index (χ1) is 8.28. The van der Waals surface area contributed by atoms with Gasteiger partial charge in [-0.3, -0.25) is 4.79 Å². The van der Waals surface area contributed by atoms with E-state index in [9.17, 15) is 9.59 Å². The van der Waals surface area contributed by atoms with Crippen molar-refractivity contribution in [1.29, 1.82) is 0 Å². The van der Waals surface area contributed by atoms with Gasteiger partial charge in [0.25, 0.3) is 0 Å². The molecule has 0 spiro atoms. The lowest BCUT2D eigenvalue weighted by Crippen LogP contribution is -2.38. The molecule has 0 aromatic heterocycles. The molecule has 5 heteroatoms. The molecule has 1 atom stereocenters. The summed E-state index contributed by atoms with van der Waals surface area (Å²) in [6.45, 7) is 7.70. The van der Waals surface area contributed by atoms with E-state index in [1.807, 2.05) is 0 Å². The van der Waals surface area contributed by atoms with Crippen molar-refractivity contribution < 1.29 is 19.1 Å². The molecule has 0 saturated heterocycles. The Morgan fingerprint density at radius 1 is 1.50 bits per heavy atom. The zero-order chi connectivity index (χ0) is 13.8. The van der Waals surface area contributed by atoms with E-state index in [0.29, 0.717) is 12.4 Å². The van der Waals surface area contributed by atoms with Crippen LogP contribution < -0.4 is 5.32 Å². The summed E-state index contributed by atoms with van der Waals surface area (Å²) in [5.74, 6) is 0.323. The minimum absolute atomic E-state index is 0.0870. The van der Waals surface area contributed by atoms with Gasteiger partial charge in [0.05, 0.1) is 6.61 Å². The number of ketones is 1. The molecule has 102 valence electrons. The van der Waals surface area contributed by atoms with Gasteiger partial charge >= 0.3 is 6.09 Å². The Kier molecular flexibility index (Phi) is 4.76. The Morgan fingerprint density at radius 2 is 2.17 bits per heavy atom. The molecule has 0 fully saturated rings. The zero-order valence-electron chi connectivity index (χ0n) is 11.4. The Balaban J connectivity index is 2.35. The highest BCUT2D eigenvalue weighted by molar-refractivity contribution is 5.94. The van der Waals surface area contributed by atoms with Crippen LogP contribution in [0.15, 0.2) is 11.8 Å². The third kappa shape index (κ3) is 5.21. The van der Waals surface area contributed by atoms with E-state index < -0.39 is 11.7 Å². The van der Waals surface area contributed by atoms with Crippen LogP contribution in [-0.4, -0.2) is 30.1 Å². The summed E-state index contributed by atoms with van der Waals surface area (Å²) in [6.07, 6.45) is 2.26. The average molecular weight is 255 g/mol. The number of carbonyl (C=O) groups excluding carboxylic acids is 2. The van der Waals surface area contributed by atoms with Gasteiger partial charge in [-0.1, -0.05) is 0 Å². The second-order valence-electron chi connectivity index (χ2n) is 5.38. The molecule has 0 aliphatic carbocycles. The average Bonchev–Trinajstić information content (AvgIpc) is 2.65. The van der Waals surface area contributed by atoms with Crippen LogP contribution in [0.1, 0.15) is 40.5 Å². The lowest BCUT2D eigenvalue weighted by molar-refractivity contribution is -0.118. The highest BCUT2D eigenvalue weighted by Crippen LogP contribution is 2.13. The van der Waals surface area contributed by atoms with Crippen LogP contribution in [0, 0.1) is 0 Å². The second kappa shape index (κ2) is 5.89. The van der Waals surface area contributed by atoms with E-state index in [0.717, 1.165) is 6.42 Å². The normalized spacial score (nSPS) is 16.6. The first-order valence-electron chi connectivity index (χ1n) is 6.13. The number of rotatable bonds is 4. The molecule has 1 amide bonds. The lowest BCUT2D eigenvalue weighted by Gasteiger charge is -2.21. The molecule has 0 saturated carbocycles. The van der Waals surface area contributed by atoms with Crippen LogP contribution in [0.5, 0.6) is 0 Å². The fraction of sp³-hybridized carbons (Fsp3) is 0.692. The number of hydrogen-bond acceptors (Lipinski definition) is 4. The molecule has 1 aliphatic rings. The first-order valence-corrected chi connectivity index (χ1v) is 6.13. The van der Waals surface area contributed by atoms with Crippen molar-refractivity contribution in [2.24, 2.45) is 0 Å². The van der Waals surface area contributed by atoms with Gasteiger partial charge in [0.2, 0.25) is 0 Å². The molecule has 1 unspecified atom stereocenters. The van der Waals surface area contributed by atoms with Crippen LogP contribution in [0.4, 0.5) is 4.79 Å². The Hall–Kier alpha value is -1.52. The molecular weight excluding hydrogens is 234 g/mol. The van der Waals surface area contributed by atoms with E-state index in [2.05, 4.69) is 5.32 Å². The van der Waals surface area contributed by atoms with Crippen LogP contribution in [-0.2, 0) is 14.3 Å². The van der Waals surface area contributed by atoms with Crippen LogP contribution in [0.2, 0.25) is 0 Å². The SMILES string of the molecule is CC(CC(=O)C1=CCCO1)NC(=O)OC(C)(C)C. The van der Waals surface area contributed by atoms with Gasteiger partial charge in [-0.2, -0.15) is 0 Å². The Labute approximate surface area is 108 Å². The van der Waals surface area contributed by atoms with Crippen molar-refractivity contribution >= 4 is 11.9 Å². The molecule has 0 bridgehead atoms. The summed E-state index contributed by atoms with van der Waals surface area (Å²) in [4.78, 5) is 23.2. The standard InChI is InChI=1S/C13H21NO4/c1-9(14-12(16)18-13(2,3)4)8-10(15)11-6-5-7-17-11/h6,9H,5,7-8H2,1-4H3,(H,14,16). The molecule has 1 heterocycles. The molecular formula is C13H21NO4. The second-order valence-corrected chi connectivity index (χ2v) is 5.38. The number of hydrogen-bond donors (Lipinski definition) is 1. The molecule has 1 N–H and O–H groups in total. The summed E-state index contributed by atoms with van der Waals surface area (Å²) < 4.78 is 10.3. The van der Waals surface area contributed by atoms with Gasteiger partial charge in [-0.25, -0.2) is 4.79 Å². The molecule has 5 nitrogen and oxygen atoms in total. The van der Waals surface area contributed by atoms with Gasteiger partial charge in [0.15, 0.2) is 11.5 Å². The van der Waals surface area contributed by atoms with Crippen molar-refractivity contribution in [2.45, 2.75) is 52.2 Å². The Bertz CT molecular complexity index is 354. The van der Waals surface area contributed by atoms with E-state index in [1.54, 1.807) is 33.8 Å². The summed E-state index contributed by atoms with van der Waals surface area (Å²) in [5, 5.41) is 2.63. The van der Waals surface area contributed by atoms with E-state index in [-0.39, 0.29) is 18.2 Å². The quantitative estimate of drug-likeness (QED) is 0.836. The molecule has 0 aromatic carbocycles. The van der Waals surface area contributed by atoms with Gasteiger partial charge in [0, 0.05) is 18.9 Å². The lowest BCUT2D eigenvalue weighted by atomic mass is 10.1. The maximum absolute atomic E-state index is 11.7.